The van der Waals surface area contributed by atoms with Gasteiger partial charge in [0, 0.05) is 18.0 Å². The zero-order valence-electron chi connectivity index (χ0n) is 24.1. The molecule has 1 aliphatic rings. The lowest BCUT2D eigenvalue weighted by atomic mass is 10.1. The number of nitrogens with one attached hydrogen (secondary N) is 2. The number of hydrogen-bond acceptors (Lipinski definition) is 9. The van der Waals surface area contributed by atoms with Crippen LogP contribution in [-0.2, 0) is 30.0 Å². The van der Waals surface area contributed by atoms with Crippen molar-refractivity contribution in [3.05, 3.63) is 116 Å². The van der Waals surface area contributed by atoms with E-state index < -0.39 is 56.0 Å². The predicted molar refractivity (Wildman–Crippen MR) is 171 cm³/mol. The summed E-state index contributed by atoms with van der Waals surface area (Å²) in [4.78, 5) is 41.1. The lowest BCUT2D eigenvalue weighted by molar-refractivity contribution is -0.146. The molecule has 0 saturated carbocycles. The summed E-state index contributed by atoms with van der Waals surface area (Å²) in [5.41, 5.74) is -0.336. The zero-order valence-corrected chi connectivity index (χ0v) is 26.6. The molecular formula is C31H31BrN3O9P. The van der Waals surface area contributed by atoms with Crippen LogP contribution in [-0.4, -0.2) is 45.5 Å². The standard InChI is InChI=1S/C31H31BrN3O9P/c1-20(30(38)41-18-21-8-3-2-4-9-21)34-45(40,44-26-13-7-11-22-10-5-6-12-24(22)26)42-19-27-25(36)16-28(43-27)35-17-23(14-15-32)29(37)33-31(35)39/h2-15,17,20,25,27-28,36H,16,18-19H2,1H3,(H,34,40)(H,33,37,39)/b15-14+/t20-,25+,27-,28-,45+/m1/s1. The van der Waals surface area contributed by atoms with E-state index in [1.165, 1.54) is 24.2 Å². The largest absolute Gasteiger partial charge is 0.460 e. The summed E-state index contributed by atoms with van der Waals surface area (Å²) in [7, 11) is -4.33. The van der Waals surface area contributed by atoms with E-state index in [4.69, 9.17) is 18.5 Å². The number of hydrogen-bond donors (Lipinski definition) is 3. The topological polar surface area (TPSA) is 158 Å². The molecular weight excluding hydrogens is 669 g/mol. The van der Waals surface area contributed by atoms with Crippen molar-refractivity contribution in [2.75, 3.05) is 6.61 Å². The van der Waals surface area contributed by atoms with Gasteiger partial charge in [-0.1, -0.05) is 82.7 Å². The lowest BCUT2D eigenvalue weighted by Crippen LogP contribution is -2.36. The van der Waals surface area contributed by atoms with Gasteiger partial charge in [0.15, 0.2) is 0 Å². The Morgan fingerprint density at radius 2 is 1.89 bits per heavy atom. The first-order valence-electron chi connectivity index (χ1n) is 14.0. The first kappa shape index (κ1) is 32.6. The van der Waals surface area contributed by atoms with Gasteiger partial charge in [-0.05, 0) is 35.0 Å². The van der Waals surface area contributed by atoms with Gasteiger partial charge in [0.05, 0.1) is 18.3 Å². The molecule has 0 spiro atoms. The number of H-pyrrole nitrogens is 1. The van der Waals surface area contributed by atoms with Crippen molar-refractivity contribution in [2.45, 2.75) is 44.4 Å². The molecule has 14 heteroatoms. The molecule has 236 valence electrons. The van der Waals surface area contributed by atoms with E-state index in [9.17, 15) is 24.1 Å². The molecule has 0 aliphatic carbocycles. The summed E-state index contributed by atoms with van der Waals surface area (Å²) in [6.07, 6.45) is -0.336. The third kappa shape index (κ3) is 8.06. The van der Waals surface area contributed by atoms with Crippen LogP contribution in [0.2, 0.25) is 0 Å². The Morgan fingerprint density at radius 1 is 1.16 bits per heavy atom. The van der Waals surface area contributed by atoms with E-state index in [1.54, 1.807) is 24.3 Å². The average Bonchev–Trinajstić information content (AvgIpc) is 3.40. The zero-order chi connectivity index (χ0) is 32.0. The van der Waals surface area contributed by atoms with Crippen molar-refractivity contribution in [3.63, 3.8) is 0 Å². The number of aromatic amines is 1. The van der Waals surface area contributed by atoms with Crippen molar-refractivity contribution >= 4 is 46.5 Å². The third-order valence-corrected chi connectivity index (χ3v) is 8.95. The minimum Gasteiger partial charge on any atom is -0.460 e. The highest BCUT2D eigenvalue weighted by Gasteiger charge is 2.40. The van der Waals surface area contributed by atoms with E-state index in [1.807, 2.05) is 48.5 Å². The van der Waals surface area contributed by atoms with Gasteiger partial charge in [0.1, 0.15) is 30.7 Å². The summed E-state index contributed by atoms with van der Waals surface area (Å²) in [5, 5.41) is 14.9. The number of ether oxygens (including phenoxy) is 2. The Bertz CT molecular complexity index is 1840. The van der Waals surface area contributed by atoms with Gasteiger partial charge >= 0.3 is 19.4 Å². The monoisotopic (exact) mass is 699 g/mol. The molecule has 1 aliphatic heterocycles. The number of carbonyl (C=O) groups is 1. The minimum absolute atomic E-state index is 0.0123. The molecule has 0 radical (unpaired) electrons. The van der Waals surface area contributed by atoms with E-state index in [0.717, 1.165) is 15.5 Å². The van der Waals surface area contributed by atoms with Crippen molar-refractivity contribution in [3.8, 4) is 5.75 Å². The fourth-order valence-corrected chi connectivity index (χ4v) is 6.55. The number of aliphatic hydroxyl groups is 1. The minimum atomic E-state index is -4.33. The molecule has 5 rings (SSSR count). The SMILES string of the molecule is C[C@@H](N[P@](=O)(OC[C@H]1O[C@@H](n2cc(/C=C/Br)c(=O)[nH]c2=O)C[C@@H]1O)Oc1cccc2ccccc12)C(=O)OCc1ccccc1. The van der Waals surface area contributed by atoms with Crippen molar-refractivity contribution < 1.29 is 33.0 Å². The van der Waals surface area contributed by atoms with Crippen molar-refractivity contribution in [1.82, 2.24) is 14.6 Å². The van der Waals surface area contributed by atoms with Crippen molar-refractivity contribution in [2.24, 2.45) is 0 Å². The van der Waals surface area contributed by atoms with Gasteiger partial charge in [-0.2, -0.15) is 5.09 Å². The third-order valence-electron chi connectivity index (χ3n) is 7.06. The number of nitrogens with zero attached hydrogens (tertiary/aromatic N) is 1. The summed E-state index contributed by atoms with van der Waals surface area (Å²) >= 11 is 3.11. The average molecular weight is 700 g/mol. The number of fused-ring (bicyclic) bond motifs is 1. The Balaban J connectivity index is 1.33. The number of aromatic nitrogens is 2. The predicted octanol–water partition coefficient (Wildman–Crippen LogP) is 4.63. The molecule has 1 saturated heterocycles. The molecule has 3 N–H and O–H groups in total. The molecule has 0 bridgehead atoms. The van der Waals surface area contributed by atoms with Gasteiger partial charge in [0.2, 0.25) is 0 Å². The number of rotatable bonds is 12. The normalized spacial score (nSPS) is 20.2. The Morgan fingerprint density at radius 3 is 2.67 bits per heavy atom. The van der Waals surface area contributed by atoms with E-state index in [0.29, 0.717) is 5.39 Å². The summed E-state index contributed by atoms with van der Waals surface area (Å²) < 4.78 is 38.4. The highest BCUT2D eigenvalue weighted by atomic mass is 79.9. The maximum Gasteiger partial charge on any atom is 0.459 e. The van der Waals surface area contributed by atoms with Crippen LogP contribution in [0.25, 0.3) is 16.8 Å². The molecule has 0 amide bonds. The quantitative estimate of drug-likeness (QED) is 0.141. The smallest absolute Gasteiger partial charge is 0.459 e. The number of carbonyl (C=O) groups excluding carboxylic acids is 1. The number of esters is 1. The van der Waals surface area contributed by atoms with Crippen LogP contribution in [0.4, 0.5) is 0 Å². The maximum atomic E-state index is 14.2. The van der Waals surface area contributed by atoms with Gasteiger partial charge in [-0.25, -0.2) is 9.36 Å². The van der Waals surface area contributed by atoms with Crippen LogP contribution < -0.4 is 20.9 Å². The molecule has 3 aromatic carbocycles. The number of benzene rings is 3. The molecule has 1 fully saturated rings. The molecule has 5 atom stereocenters. The molecule has 2 heterocycles. The van der Waals surface area contributed by atoms with E-state index in [-0.39, 0.29) is 24.3 Å². The fourth-order valence-electron chi connectivity index (χ4n) is 4.75. The van der Waals surface area contributed by atoms with Crippen LogP contribution in [0.15, 0.2) is 93.6 Å². The van der Waals surface area contributed by atoms with Crippen LogP contribution >= 0.6 is 23.7 Å². The first-order chi connectivity index (χ1) is 21.7. The first-order valence-corrected chi connectivity index (χ1v) is 16.5. The number of halogens is 1. The molecule has 0 unspecified atom stereocenters. The van der Waals surface area contributed by atoms with Gasteiger partial charge < -0.3 is 19.1 Å². The summed E-state index contributed by atoms with van der Waals surface area (Å²) in [6, 6.07) is 20.5. The summed E-state index contributed by atoms with van der Waals surface area (Å²) in [5.74, 6) is -0.445. The highest BCUT2D eigenvalue weighted by molar-refractivity contribution is 9.11. The van der Waals surface area contributed by atoms with Crippen LogP contribution in [0.5, 0.6) is 5.75 Å². The maximum absolute atomic E-state index is 14.2. The van der Waals surface area contributed by atoms with Gasteiger partial charge in [0.25, 0.3) is 5.56 Å². The second-order valence-corrected chi connectivity index (χ2v) is 12.5. The lowest BCUT2D eigenvalue weighted by Gasteiger charge is -2.25. The second kappa shape index (κ2) is 14.5. The molecule has 45 heavy (non-hydrogen) atoms. The number of aliphatic hydroxyl groups excluding tert-OH is 1. The second-order valence-electron chi connectivity index (χ2n) is 10.3. The molecule has 12 nitrogen and oxygen atoms in total. The fraction of sp³-hybridized carbons (Fsp3) is 0.258. The van der Waals surface area contributed by atoms with Crippen molar-refractivity contribution in [1.29, 1.82) is 0 Å². The Kier molecular flexibility index (Phi) is 10.5. The van der Waals surface area contributed by atoms with Gasteiger partial charge in [-0.15, -0.1) is 0 Å². The van der Waals surface area contributed by atoms with E-state index in [2.05, 4.69) is 26.0 Å². The molecule has 4 aromatic rings. The Hall–Kier alpha value is -3.84. The molecule has 1 aromatic heterocycles. The summed E-state index contributed by atoms with van der Waals surface area (Å²) in [6.45, 7) is 1.06. The highest BCUT2D eigenvalue weighted by Crippen LogP contribution is 2.47. The van der Waals surface area contributed by atoms with Gasteiger partial charge in [-0.3, -0.25) is 23.7 Å². The van der Waals surface area contributed by atoms with E-state index >= 15 is 0 Å². The van der Waals surface area contributed by atoms with Crippen LogP contribution in [0.1, 0.15) is 30.7 Å². The Labute approximate surface area is 266 Å². The van der Waals surface area contributed by atoms with Crippen LogP contribution in [0.3, 0.4) is 0 Å². The van der Waals surface area contributed by atoms with Crippen LogP contribution in [0, 0.1) is 0 Å².